The first-order valence-corrected chi connectivity index (χ1v) is 12.0. The summed E-state index contributed by atoms with van der Waals surface area (Å²) in [6.07, 6.45) is -8.19. The molecule has 41 heavy (non-hydrogen) atoms. The number of pyridine rings is 1. The van der Waals surface area contributed by atoms with Gasteiger partial charge in [-0.1, -0.05) is 18.2 Å². The highest BCUT2D eigenvalue weighted by molar-refractivity contribution is 5.81. The molecule has 0 radical (unpaired) electrons. The normalized spacial score (nSPS) is 12.0. The topological polar surface area (TPSA) is 92.4 Å². The molecule has 0 unspecified atom stereocenters. The second-order valence-corrected chi connectivity index (χ2v) is 8.92. The zero-order chi connectivity index (χ0) is 29.9. The van der Waals surface area contributed by atoms with Crippen molar-refractivity contribution in [2.75, 3.05) is 6.61 Å². The number of aromatic nitrogens is 3. The van der Waals surface area contributed by atoms with E-state index in [1.54, 1.807) is 0 Å². The number of carbonyl (C=O) groups excluding carboxylic acids is 1. The summed E-state index contributed by atoms with van der Waals surface area (Å²) in [5.74, 6) is -0.367. The van der Waals surface area contributed by atoms with E-state index in [0.29, 0.717) is 5.56 Å². The number of hydrogen-bond donors (Lipinski definition) is 0. The van der Waals surface area contributed by atoms with E-state index >= 15 is 0 Å². The lowest BCUT2D eigenvalue weighted by Gasteiger charge is -2.17. The molecule has 0 aliphatic carbocycles. The highest BCUT2D eigenvalue weighted by Gasteiger charge is 2.31. The Bertz CT molecular complexity index is 1690. The fourth-order valence-corrected chi connectivity index (χ4v) is 4.19. The van der Waals surface area contributed by atoms with E-state index in [-0.39, 0.29) is 60.6 Å². The Kier molecular flexibility index (Phi) is 8.22. The molecular formula is C27H21F6N3O5. The van der Waals surface area contributed by atoms with Gasteiger partial charge in [-0.15, -0.1) is 0 Å². The van der Waals surface area contributed by atoms with Gasteiger partial charge in [-0.05, 0) is 42.3 Å². The Morgan fingerprint density at radius 2 is 1.63 bits per heavy atom. The van der Waals surface area contributed by atoms with E-state index in [1.807, 2.05) is 0 Å². The molecule has 4 rings (SSSR count). The van der Waals surface area contributed by atoms with Gasteiger partial charge in [0, 0.05) is 25.6 Å². The maximum Gasteiger partial charge on any atom is 0.416 e. The molecule has 2 aromatic carbocycles. The van der Waals surface area contributed by atoms with E-state index in [4.69, 9.17) is 4.74 Å². The van der Waals surface area contributed by atoms with E-state index < -0.39 is 34.7 Å². The van der Waals surface area contributed by atoms with Crippen molar-refractivity contribution < 1.29 is 40.6 Å². The van der Waals surface area contributed by atoms with Crippen LogP contribution in [0.15, 0.2) is 64.3 Å². The van der Waals surface area contributed by atoms with E-state index in [0.717, 1.165) is 45.7 Å². The monoisotopic (exact) mass is 581 g/mol. The Balaban J connectivity index is 1.89. The number of fused-ring (bicyclic) bond motifs is 1. The molecule has 0 saturated carbocycles. The zero-order valence-corrected chi connectivity index (χ0v) is 21.3. The number of halogens is 6. The Hall–Kier alpha value is -4.62. The summed E-state index contributed by atoms with van der Waals surface area (Å²) in [5.41, 5.74) is -3.09. The molecule has 2 aromatic heterocycles. The maximum absolute atomic E-state index is 13.6. The van der Waals surface area contributed by atoms with Crippen LogP contribution in [0.2, 0.25) is 0 Å². The van der Waals surface area contributed by atoms with Crippen LogP contribution >= 0.6 is 0 Å². The van der Waals surface area contributed by atoms with Gasteiger partial charge in [0.2, 0.25) is 0 Å². The van der Waals surface area contributed by atoms with E-state index in [9.17, 15) is 40.7 Å². The van der Waals surface area contributed by atoms with Crippen molar-refractivity contribution in [3.8, 4) is 11.5 Å². The van der Waals surface area contributed by atoms with E-state index in [1.165, 1.54) is 25.2 Å². The molecule has 0 fully saturated rings. The molecule has 4 aromatic rings. The molecule has 0 bridgehead atoms. The number of nitrogens with zero attached hydrogens (tertiary/aromatic N) is 3. The van der Waals surface area contributed by atoms with Crippen LogP contribution < -0.4 is 16.0 Å². The standard InChI is InChI=1S/C27H21F6N3O5/c1-35-23-22(24(38)36(25(35)39)10-3-11-40-15-37)20(12-16-6-8-17(9-7-16)26(28,29)30)21(14-34-23)41-19-5-2-4-18(13-19)27(31,32)33/h2,4-9,13-15H,3,10-12H2,1H3. The fraction of sp³-hybridized carbons (Fsp3) is 0.259. The Morgan fingerprint density at radius 1 is 0.951 bits per heavy atom. The van der Waals surface area contributed by atoms with Crippen molar-refractivity contribution in [1.82, 2.24) is 14.1 Å². The van der Waals surface area contributed by atoms with Gasteiger partial charge < -0.3 is 9.47 Å². The van der Waals surface area contributed by atoms with Gasteiger partial charge in [-0.2, -0.15) is 26.3 Å². The lowest BCUT2D eigenvalue weighted by Crippen LogP contribution is -2.40. The van der Waals surface area contributed by atoms with Crippen molar-refractivity contribution in [1.29, 1.82) is 0 Å². The smallest absolute Gasteiger partial charge is 0.416 e. The van der Waals surface area contributed by atoms with Crippen molar-refractivity contribution in [2.45, 2.75) is 31.7 Å². The number of rotatable bonds is 9. The van der Waals surface area contributed by atoms with Gasteiger partial charge in [0.15, 0.2) is 0 Å². The minimum Gasteiger partial charge on any atom is -0.468 e. The molecule has 0 N–H and O–H groups in total. The second-order valence-electron chi connectivity index (χ2n) is 8.92. The Labute approximate surface area is 227 Å². The molecule has 0 amide bonds. The lowest BCUT2D eigenvalue weighted by molar-refractivity contribution is -0.138. The van der Waals surface area contributed by atoms with Gasteiger partial charge in [0.25, 0.3) is 12.0 Å². The van der Waals surface area contributed by atoms with Gasteiger partial charge in [0.1, 0.15) is 17.1 Å². The number of hydrogen-bond acceptors (Lipinski definition) is 6. The van der Waals surface area contributed by atoms with Gasteiger partial charge in [0.05, 0.1) is 29.3 Å². The molecule has 0 aliphatic heterocycles. The van der Waals surface area contributed by atoms with Gasteiger partial charge in [-0.3, -0.25) is 18.7 Å². The SMILES string of the molecule is Cn1c(=O)n(CCCOC=O)c(=O)c2c(Cc3ccc(C(F)(F)F)cc3)c(Oc3cccc(C(F)(F)F)c3)cnc21. The first kappa shape index (κ1) is 29.4. The summed E-state index contributed by atoms with van der Waals surface area (Å²) in [6, 6.07) is 8.07. The molecule has 0 saturated heterocycles. The number of benzene rings is 2. The van der Waals surface area contributed by atoms with Crippen LogP contribution in [0.3, 0.4) is 0 Å². The summed E-state index contributed by atoms with van der Waals surface area (Å²) >= 11 is 0. The molecule has 216 valence electrons. The third-order valence-corrected chi connectivity index (χ3v) is 6.18. The first-order valence-electron chi connectivity index (χ1n) is 12.0. The zero-order valence-electron chi connectivity index (χ0n) is 21.3. The van der Waals surface area contributed by atoms with Crippen LogP contribution in [0.5, 0.6) is 11.5 Å². The molecular weight excluding hydrogens is 560 g/mol. The summed E-state index contributed by atoms with van der Waals surface area (Å²) < 4.78 is 91.4. The van der Waals surface area contributed by atoms with Gasteiger partial charge >= 0.3 is 18.0 Å². The summed E-state index contributed by atoms with van der Waals surface area (Å²) in [7, 11) is 1.35. The lowest BCUT2D eigenvalue weighted by atomic mass is 10.0. The van der Waals surface area contributed by atoms with Crippen LogP contribution in [-0.4, -0.2) is 27.2 Å². The van der Waals surface area contributed by atoms with Crippen molar-refractivity contribution in [3.63, 3.8) is 0 Å². The van der Waals surface area contributed by atoms with Gasteiger partial charge in [-0.25, -0.2) is 9.78 Å². The van der Waals surface area contributed by atoms with Crippen LogP contribution in [0.4, 0.5) is 26.3 Å². The minimum absolute atomic E-state index is 0.0707. The molecule has 8 nitrogen and oxygen atoms in total. The first-order chi connectivity index (χ1) is 19.3. The van der Waals surface area contributed by atoms with Crippen LogP contribution in [0.1, 0.15) is 28.7 Å². The van der Waals surface area contributed by atoms with Crippen molar-refractivity contribution >= 4 is 17.5 Å². The minimum atomic E-state index is -4.66. The fourth-order valence-electron chi connectivity index (χ4n) is 4.19. The molecule has 0 aliphatic rings. The number of ether oxygens (including phenoxy) is 2. The number of alkyl halides is 6. The molecule has 14 heteroatoms. The summed E-state index contributed by atoms with van der Waals surface area (Å²) in [6.45, 7) is -0.00897. The van der Waals surface area contributed by atoms with Crippen LogP contribution in [-0.2, 0) is 41.9 Å². The predicted octanol–water partition coefficient (Wildman–Crippen LogP) is 5.08. The van der Waals surface area contributed by atoms with Crippen molar-refractivity contribution in [3.05, 3.63) is 97.8 Å². The average molecular weight is 581 g/mol. The third kappa shape index (κ3) is 6.42. The number of carbonyl (C=O) groups is 1. The number of aryl methyl sites for hydroxylation is 1. The largest absolute Gasteiger partial charge is 0.468 e. The molecule has 2 heterocycles. The predicted molar refractivity (Wildman–Crippen MR) is 134 cm³/mol. The van der Waals surface area contributed by atoms with E-state index in [2.05, 4.69) is 9.72 Å². The maximum atomic E-state index is 13.6. The van der Waals surface area contributed by atoms with Crippen molar-refractivity contribution in [2.24, 2.45) is 7.05 Å². The average Bonchev–Trinajstić information content (AvgIpc) is 2.91. The Morgan fingerprint density at radius 3 is 2.27 bits per heavy atom. The summed E-state index contributed by atoms with van der Waals surface area (Å²) in [4.78, 5) is 41.1. The van der Waals surface area contributed by atoms with Crippen LogP contribution in [0.25, 0.3) is 11.0 Å². The third-order valence-electron chi connectivity index (χ3n) is 6.18. The van der Waals surface area contributed by atoms with Crippen LogP contribution in [0, 0.1) is 0 Å². The highest BCUT2D eigenvalue weighted by Crippen LogP contribution is 2.35. The highest BCUT2D eigenvalue weighted by atomic mass is 19.4. The molecule has 0 atom stereocenters. The summed E-state index contributed by atoms with van der Waals surface area (Å²) in [5, 5.41) is -0.118. The molecule has 0 spiro atoms. The second kappa shape index (κ2) is 11.5. The quantitative estimate of drug-likeness (QED) is 0.156.